The number of thiazole rings is 2. The average molecular weight is 316 g/mol. The van der Waals surface area contributed by atoms with Gasteiger partial charge in [-0.3, -0.25) is 10.1 Å². The van der Waals surface area contributed by atoms with E-state index >= 15 is 0 Å². The van der Waals surface area contributed by atoms with Crippen LogP contribution in [0.3, 0.4) is 0 Å². The predicted molar refractivity (Wildman–Crippen MR) is 86.1 cm³/mol. The third kappa shape index (κ3) is 2.28. The van der Waals surface area contributed by atoms with E-state index in [2.05, 4.69) is 15.3 Å². The lowest BCUT2D eigenvalue weighted by atomic mass is 10.2. The van der Waals surface area contributed by atoms with E-state index in [1.165, 1.54) is 22.6 Å². The molecule has 0 radical (unpaired) electrons. The molecule has 2 aromatic heterocycles. The first-order valence-corrected chi connectivity index (χ1v) is 8.28. The van der Waals surface area contributed by atoms with Crippen LogP contribution in [0.5, 0.6) is 0 Å². The minimum atomic E-state index is -0.142. The Morgan fingerprint density at radius 1 is 1.24 bits per heavy atom. The van der Waals surface area contributed by atoms with Crippen molar-refractivity contribution in [2.75, 3.05) is 11.1 Å². The van der Waals surface area contributed by atoms with Crippen LogP contribution in [0.25, 0.3) is 10.2 Å². The van der Waals surface area contributed by atoms with Crippen molar-refractivity contribution in [3.63, 3.8) is 0 Å². The minimum Gasteiger partial charge on any atom is -0.375 e. The fraction of sp³-hybridized carbons (Fsp3) is 0.214. The van der Waals surface area contributed by atoms with Gasteiger partial charge in [0.15, 0.2) is 10.3 Å². The lowest BCUT2D eigenvalue weighted by molar-refractivity contribution is 0.102. The summed E-state index contributed by atoms with van der Waals surface area (Å²) in [4.78, 5) is 22.3. The largest absolute Gasteiger partial charge is 0.375 e. The zero-order valence-electron chi connectivity index (χ0n) is 11.0. The molecular weight excluding hydrogens is 304 g/mol. The van der Waals surface area contributed by atoms with E-state index in [0.717, 1.165) is 28.8 Å². The second-order valence-electron chi connectivity index (χ2n) is 4.93. The van der Waals surface area contributed by atoms with Crippen LogP contribution in [-0.2, 0) is 12.8 Å². The number of carbonyl (C=O) groups excluding carboxylic acids is 1. The monoisotopic (exact) mass is 316 g/mol. The summed E-state index contributed by atoms with van der Waals surface area (Å²) in [6.45, 7) is 0. The van der Waals surface area contributed by atoms with Gasteiger partial charge in [0.2, 0.25) is 0 Å². The van der Waals surface area contributed by atoms with Gasteiger partial charge in [-0.05, 0) is 37.5 Å². The highest BCUT2D eigenvalue weighted by molar-refractivity contribution is 7.22. The van der Waals surface area contributed by atoms with Crippen LogP contribution in [0, 0.1) is 0 Å². The Kier molecular flexibility index (Phi) is 2.90. The number of nitrogen functional groups attached to an aromatic ring is 1. The van der Waals surface area contributed by atoms with Crippen molar-refractivity contribution >= 4 is 49.1 Å². The molecule has 0 saturated heterocycles. The van der Waals surface area contributed by atoms with E-state index < -0.39 is 0 Å². The highest BCUT2D eigenvalue weighted by Gasteiger charge is 2.18. The molecule has 7 heteroatoms. The molecule has 2 heterocycles. The quantitative estimate of drug-likeness (QED) is 0.761. The summed E-state index contributed by atoms with van der Waals surface area (Å²) in [5, 5.41) is 4.08. The molecule has 0 unspecified atom stereocenters. The fourth-order valence-electron chi connectivity index (χ4n) is 2.50. The van der Waals surface area contributed by atoms with Crippen LogP contribution in [0.15, 0.2) is 18.2 Å². The number of amides is 1. The lowest BCUT2D eigenvalue weighted by Crippen LogP contribution is -2.11. The number of rotatable bonds is 2. The molecule has 21 heavy (non-hydrogen) atoms. The summed E-state index contributed by atoms with van der Waals surface area (Å²) in [6.07, 6.45) is 3.27. The van der Waals surface area contributed by atoms with Crippen LogP contribution < -0.4 is 11.1 Å². The number of benzene rings is 1. The van der Waals surface area contributed by atoms with Crippen LogP contribution in [0.2, 0.25) is 0 Å². The first-order chi connectivity index (χ1) is 10.2. The number of aromatic nitrogens is 2. The van der Waals surface area contributed by atoms with E-state index in [1.54, 1.807) is 17.4 Å². The van der Waals surface area contributed by atoms with Crippen molar-refractivity contribution in [2.24, 2.45) is 0 Å². The number of carbonyl (C=O) groups is 1. The van der Waals surface area contributed by atoms with E-state index in [4.69, 9.17) is 5.73 Å². The molecule has 1 aliphatic rings. The molecule has 1 aliphatic carbocycles. The average Bonchev–Trinajstić information content (AvgIpc) is 3.10. The van der Waals surface area contributed by atoms with Gasteiger partial charge in [-0.25, -0.2) is 9.97 Å². The van der Waals surface area contributed by atoms with Gasteiger partial charge in [-0.2, -0.15) is 0 Å². The van der Waals surface area contributed by atoms with E-state index in [-0.39, 0.29) is 5.91 Å². The van der Waals surface area contributed by atoms with Crippen molar-refractivity contribution in [1.29, 1.82) is 0 Å². The molecular formula is C14H12N4OS2. The second-order valence-corrected chi connectivity index (χ2v) is 7.08. The summed E-state index contributed by atoms with van der Waals surface area (Å²) in [5.74, 6) is -0.142. The Labute approximate surface area is 128 Å². The first kappa shape index (κ1) is 12.7. The number of nitrogens with two attached hydrogens (primary N) is 1. The molecule has 0 fully saturated rings. The third-order valence-corrected chi connectivity index (χ3v) is 5.40. The van der Waals surface area contributed by atoms with Gasteiger partial charge in [0.25, 0.3) is 5.91 Å². The summed E-state index contributed by atoms with van der Waals surface area (Å²) in [6, 6.07) is 5.40. The van der Waals surface area contributed by atoms with E-state index in [1.807, 2.05) is 12.1 Å². The van der Waals surface area contributed by atoms with Crippen molar-refractivity contribution in [3.8, 4) is 0 Å². The van der Waals surface area contributed by atoms with Crippen LogP contribution in [0.4, 0.5) is 10.3 Å². The molecule has 0 atom stereocenters. The lowest BCUT2D eigenvalue weighted by Gasteiger charge is -2.01. The maximum absolute atomic E-state index is 12.3. The molecule has 0 saturated carbocycles. The van der Waals surface area contributed by atoms with Gasteiger partial charge in [-0.15, -0.1) is 11.3 Å². The van der Waals surface area contributed by atoms with Crippen molar-refractivity contribution < 1.29 is 4.79 Å². The topological polar surface area (TPSA) is 80.9 Å². The maximum atomic E-state index is 12.3. The fourth-order valence-corrected chi connectivity index (χ4v) is 4.32. The standard InChI is InChI=1S/C14H12N4OS2/c15-13-16-9-5-4-7(6-11(9)20-13)12(19)18-14-17-8-2-1-3-10(8)21-14/h4-6H,1-3H2,(H2,15,16)(H,17,18,19). The van der Waals surface area contributed by atoms with Crippen molar-refractivity contribution in [3.05, 3.63) is 34.3 Å². The zero-order valence-corrected chi connectivity index (χ0v) is 12.7. The number of hydrogen-bond acceptors (Lipinski definition) is 6. The highest BCUT2D eigenvalue weighted by Crippen LogP contribution is 2.31. The SMILES string of the molecule is Nc1nc2ccc(C(=O)Nc3nc4c(s3)CCC4)cc2s1. The van der Waals surface area contributed by atoms with Gasteiger partial charge < -0.3 is 5.73 Å². The van der Waals surface area contributed by atoms with Crippen molar-refractivity contribution in [2.45, 2.75) is 19.3 Å². The molecule has 0 aliphatic heterocycles. The summed E-state index contributed by atoms with van der Waals surface area (Å²) >= 11 is 2.96. The molecule has 0 spiro atoms. The van der Waals surface area contributed by atoms with E-state index in [9.17, 15) is 4.79 Å². The van der Waals surface area contributed by atoms with E-state index in [0.29, 0.717) is 15.8 Å². The predicted octanol–water partition coefficient (Wildman–Crippen LogP) is 3.08. The van der Waals surface area contributed by atoms with Gasteiger partial charge >= 0.3 is 0 Å². The summed E-state index contributed by atoms with van der Waals surface area (Å²) in [7, 11) is 0. The zero-order chi connectivity index (χ0) is 14.4. The van der Waals surface area contributed by atoms with Crippen LogP contribution >= 0.6 is 22.7 Å². The summed E-state index contributed by atoms with van der Waals surface area (Å²) in [5.41, 5.74) is 8.24. The van der Waals surface area contributed by atoms with Gasteiger partial charge in [0.1, 0.15) is 0 Å². The van der Waals surface area contributed by atoms with Gasteiger partial charge in [-0.1, -0.05) is 11.3 Å². The van der Waals surface area contributed by atoms with Crippen LogP contribution in [0.1, 0.15) is 27.3 Å². The normalized spacial score (nSPS) is 13.5. The number of nitrogens with zero attached hydrogens (tertiary/aromatic N) is 2. The summed E-state index contributed by atoms with van der Waals surface area (Å²) < 4.78 is 0.918. The second kappa shape index (κ2) is 4.78. The van der Waals surface area contributed by atoms with Crippen LogP contribution in [-0.4, -0.2) is 15.9 Å². The van der Waals surface area contributed by atoms with Gasteiger partial charge in [0, 0.05) is 10.4 Å². The Balaban J connectivity index is 1.60. The molecule has 3 N–H and O–H groups in total. The number of fused-ring (bicyclic) bond motifs is 2. The Morgan fingerprint density at radius 2 is 2.14 bits per heavy atom. The number of hydrogen-bond donors (Lipinski definition) is 2. The molecule has 0 bridgehead atoms. The smallest absolute Gasteiger partial charge is 0.257 e. The van der Waals surface area contributed by atoms with Crippen molar-refractivity contribution in [1.82, 2.24) is 9.97 Å². The minimum absolute atomic E-state index is 0.142. The Bertz CT molecular complexity index is 830. The number of aryl methyl sites for hydroxylation is 2. The maximum Gasteiger partial charge on any atom is 0.257 e. The number of anilines is 2. The number of nitrogens with one attached hydrogen (secondary N) is 1. The molecule has 3 aromatic rings. The highest BCUT2D eigenvalue weighted by atomic mass is 32.1. The molecule has 106 valence electrons. The van der Waals surface area contributed by atoms with Gasteiger partial charge in [0.05, 0.1) is 15.9 Å². The Morgan fingerprint density at radius 3 is 3.00 bits per heavy atom. The Hall–Kier alpha value is -1.99. The third-order valence-electron chi connectivity index (χ3n) is 3.48. The molecule has 5 nitrogen and oxygen atoms in total. The first-order valence-electron chi connectivity index (χ1n) is 6.65. The molecule has 1 aromatic carbocycles. The molecule has 1 amide bonds. The molecule has 4 rings (SSSR count).